The Labute approximate surface area is 287 Å². The normalized spacial score (nSPS) is 11.1. The summed E-state index contributed by atoms with van der Waals surface area (Å²) in [4.78, 5) is 23.9. The quantitative estimate of drug-likeness (QED) is 0.0505. The van der Waals surface area contributed by atoms with Gasteiger partial charge in [-0.2, -0.15) is 0 Å². The van der Waals surface area contributed by atoms with Gasteiger partial charge in [0.25, 0.3) is 0 Å². The van der Waals surface area contributed by atoms with Crippen LogP contribution < -0.4 is 21.3 Å². The Hall–Kier alpha value is -1.46. The van der Waals surface area contributed by atoms with Crippen LogP contribution in [0.1, 0.15) is 219 Å². The van der Waals surface area contributed by atoms with Gasteiger partial charge >= 0.3 is 12.1 Å². The first-order chi connectivity index (χ1) is 22.7. The Morgan fingerprint density at radius 1 is 0.261 bits per heavy atom. The van der Waals surface area contributed by atoms with Crippen molar-refractivity contribution in [3.05, 3.63) is 0 Å². The second kappa shape index (κ2) is 39.7. The summed E-state index contributed by atoms with van der Waals surface area (Å²) in [5.74, 6) is 0. The molecular weight excluding hydrogens is 568 g/mol. The lowest BCUT2D eigenvalue weighted by atomic mass is 10.0. The molecule has 274 valence electrons. The van der Waals surface area contributed by atoms with Crippen LogP contribution in [-0.2, 0) is 0 Å². The zero-order valence-corrected chi connectivity index (χ0v) is 31.3. The molecule has 0 aromatic carbocycles. The first-order valence-electron chi connectivity index (χ1n) is 20.7. The molecule has 0 spiro atoms. The van der Waals surface area contributed by atoms with E-state index in [2.05, 4.69) is 35.1 Å². The Balaban J connectivity index is 3.25. The lowest BCUT2D eigenvalue weighted by molar-refractivity contribution is 0.236. The summed E-state index contributed by atoms with van der Waals surface area (Å²) >= 11 is 0. The fraction of sp³-hybridized carbons (Fsp3) is 0.950. The molecule has 0 radical (unpaired) electrons. The summed E-state index contributed by atoms with van der Waals surface area (Å²) in [6.07, 6.45) is 43.3. The van der Waals surface area contributed by atoms with Crippen molar-refractivity contribution in [3.8, 4) is 0 Å². The number of amides is 4. The van der Waals surface area contributed by atoms with E-state index in [-0.39, 0.29) is 12.1 Å². The molecule has 6 heteroatoms. The van der Waals surface area contributed by atoms with Crippen LogP contribution in [0.25, 0.3) is 0 Å². The van der Waals surface area contributed by atoms with Gasteiger partial charge in [0.2, 0.25) is 0 Å². The largest absolute Gasteiger partial charge is 0.338 e. The number of unbranched alkanes of at least 4 members (excludes halogenated alkanes) is 30. The first-order valence-corrected chi connectivity index (χ1v) is 20.7. The van der Waals surface area contributed by atoms with E-state index in [1.807, 2.05) is 0 Å². The molecule has 0 heterocycles. The summed E-state index contributed by atoms with van der Waals surface area (Å²) in [6, 6.07) is -0.285. The number of urea groups is 2. The average Bonchev–Trinajstić information content (AvgIpc) is 3.06. The molecule has 0 aromatic heterocycles. The van der Waals surface area contributed by atoms with Gasteiger partial charge in [-0.1, -0.05) is 206 Å². The molecule has 4 N–H and O–H groups in total. The van der Waals surface area contributed by atoms with Gasteiger partial charge in [0, 0.05) is 26.2 Å². The average molecular weight is 651 g/mol. The zero-order valence-electron chi connectivity index (χ0n) is 31.3. The topological polar surface area (TPSA) is 82.3 Å². The maximum atomic E-state index is 11.9. The van der Waals surface area contributed by atoms with Crippen LogP contribution in [0.4, 0.5) is 9.59 Å². The minimum absolute atomic E-state index is 0.142. The molecule has 0 saturated carbocycles. The molecule has 0 unspecified atom stereocenters. The number of hydrogen-bond donors (Lipinski definition) is 4. The Morgan fingerprint density at radius 3 is 0.652 bits per heavy atom. The van der Waals surface area contributed by atoms with Crippen LogP contribution in [0.3, 0.4) is 0 Å². The highest BCUT2D eigenvalue weighted by Gasteiger charge is 2.02. The third-order valence-corrected chi connectivity index (χ3v) is 9.33. The fourth-order valence-electron chi connectivity index (χ4n) is 6.23. The third kappa shape index (κ3) is 38.7. The van der Waals surface area contributed by atoms with Gasteiger partial charge in [0.05, 0.1) is 0 Å². The van der Waals surface area contributed by atoms with Crippen LogP contribution in [0.2, 0.25) is 0 Å². The van der Waals surface area contributed by atoms with Gasteiger partial charge in [-0.15, -0.1) is 0 Å². The van der Waals surface area contributed by atoms with Gasteiger partial charge in [-0.05, 0) is 12.8 Å². The molecule has 0 saturated heterocycles. The van der Waals surface area contributed by atoms with Crippen molar-refractivity contribution in [1.82, 2.24) is 21.3 Å². The Kier molecular flexibility index (Phi) is 38.5. The second-order valence-corrected chi connectivity index (χ2v) is 14.0. The summed E-state index contributed by atoms with van der Waals surface area (Å²) in [6.45, 7) is 6.89. The highest BCUT2D eigenvalue weighted by Crippen LogP contribution is 2.15. The summed E-state index contributed by atoms with van der Waals surface area (Å²) in [5.41, 5.74) is 0. The minimum atomic E-state index is -0.142. The summed E-state index contributed by atoms with van der Waals surface area (Å²) in [5, 5.41) is 11.5. The lowest BCUT2D eigenvalue weighted by Gasteiger charge is -2.10. The monoisotopic (exact) mass is 651 g/mol. The van der Waals surface area contributed by atoms with Gasteiger partial charge in [0.15, 0.2) is 0 Å². The van der Waals surface area contributed by atoms with Crippen molar-refractivity contribution in [2.45, 2.75) is 219 Å². The predicted molar refractivity (Wildman–Crippen MR) is 202 cm³/mol. The molecule has 4 amide bonds. The van der Waals surface area contributed by atoms with E-state index in [1.165, 1.54) is 193 Å². The maximum absolute atomic E-state index is 11.9. The van der Waals surface area contributed by atoms with Crippen molar-refractivity contribution in [1.29, 1.82) is 0 Å². The standard InChI is InChI=1S/C40H82N4O2/c1-3-5-7-9-11-13-15-17-19-21-23-25-27-29-31-33-35-41-39(45)43-37-38-44-40(46)42-36-34-32-30-28-26-24-22-20-18-16-14-12-10-8-6-4-2/h3-38H2,1-2H3,(H2,41,43,45)(H2,42,44,46). The van der Waals surface area contributed by atoms with Gasteiger partial charge < -0.3 is 21.3 Å². The molecule has 46 heavy (non-hydrogen) atoms. The number of rotatable bonds is 37. The van der Waals surface area contributed by atoms with Crippen molar-refractivity contribution < 1.29 is 9.59 Å². The van der Waals surface area contributed by atoms with E-state index in [0.29, 0.717) is 13.1 Å². The van der Waals surface area contributed by atoms with E-state index in [4.69, 9.17) is 0 Å². The highest BCUT2D eigenvalue weighted by molar-refractivity contribution is 5.75. The molecule has 0 aromatic rings. The van der Waals surface area contributed by atoms with Gasteiger partial charge in [-0.3, -0.25) is 0 Å². The predicted octanol–water partition coefficient (Wildman–Crippen LogP) is 12.1. The fourth-order valence-corrected chi connectivity index (χ4v) is 6.23. The van der Waals surface area contributed by atoms with Crippen LogP contribution in [0.15, 0.2) is 0 Å². The van der Waals surface area contributed by atoms with Crippen LogP contribution in [-0.4, -0.2) is 38.2 Å². The second-order valence-electron chi connectivity index (χ2n) is 14.0. The van der Waals surface area contributed by atoms with E-state index in [9.17, 15) is 9.59 Å². The van der Waals surface area contributed by atoms with E-state index < -0.39 is 0 Å². The molecule has 0 atom stereocenters. The van der Waals surface area contributed by atoms with Crippen molar-refractivity contribution >= 4 is 12.1 Å². The van der Waals surface area contributed by atoms with Crippen molar-refractivity contribution in [3.63, 3.8) is 0 Å². The number of nitrogens with one attached hydrogen (secondary N) is 4. The molecule has 0 fully saturated rings. The molecule has 6 nitrogen and oxygen atoms in total. The SMILES string of the molecule is CCCCCCCCCCCCCCCCCCNC(=O)NCCNC(=O)NCCCCCCCCCCCCCCCCCC. The van der Waals surface area contributed by atoms with E-state index in [0.717, 1.165) is 25.9 Å². The van der Waals surface area contributed by atoms with Gasteiger partial charge in [0.1, 0.15) is 0 Å². The Bertz CT molecular complexity index is 564. The number of hydrogen-bond acceptors (Lipinski definition) is 2. The van der Waals surface area contributed by atoms with Crippen molar-refractivity contribution in [2.24, 2.45) is 0 Å². The molecule has 0 aliphatic rings. The third-order valence-electron chi connectivity index (χ3n) is 9.33. The van der Waals surface area contributed by atoms with Crippen LogP contribution in [0.5, 0.6) is 0 Å². The minimum Gasteiger partial charge on any atom is -0.338 e. The summed E-state index contributed by atoms with van der Waals surface area (Å²) < 4.78 is 0. The van der Waals surface area contributed by atoms with Crippen LogP contribution >= 0.6 is 0 Å². The first kappa shape index (κ1) is 44.5. The number of carbonyl (C=O) groups excluding carboxylic acids is 2. The van der Waals surface area contributed by atoms with E-state index in [1.54, 1.807) is 0 Å². The molecule has 0 bridgehead atoms. The molecular formula is C40H82N4O2. The van der Waals surface area contributed by atoms with Crippen molar-refractivity contribution in [2.75, 3.05) is 26.2 Å². The Morgan fingerprint density at radius 2 is 0.435 bits per heavy atom. The van der Waals surface area contributed by atoms with Gasteiger partial charge in [-0.25, -0.2) is 9.59 Å². The number of carbonyl (C=O) groups is 2. The molecule has 0 rings (SSSR count). The smallest absolute Gasteiger partial charge is 0.314 e. The van der Waals surface area contributed by atoms with Crippen LogP contribution in [0, 0.1) is 0 Å². The summed E-state index contributed by atoms with van der Waals surface area (Å²) in [7, 11) is 0. The zero-order chi connectivity index (χ0) is 33.4. The van der Waals surface area contributed by atoms with E-state index >= 15 is 0 Å². The lowest BCUT2D eigenvalue weighted by Crippen LogP contribution is -2.43. The highest BCUT2D eigenvalue weighted by atomic mass is 16.2. The molecule has 0 aliphatic heterocycles. The maximum Gasteiger partial charge on any atom is 0.314 e. The molecule has 0 aliphatic carbocycles.